The zero-order valence-corrected chi connectivity index (χ0v) is 12.4. The second-order valence-corrected chi connectivity index (χ2v) is 4.98. The van der Waals surface area contributed by atoms with E-state index in [0.29, 0.717) is 24.4 Å². The molecule has 1 heterocycles. The van der Waals surface area contributed by atoms with Crippen molar-refractivity contribution in [1.82, 2.24) is 20.6 Å². The third-order valence-corrected chi connectivity index (χ3v) is 4.12. The number of nitrogens with one attached hydrogen (secondary N) is 1. The summed E-state index contributed by atoms with van der Waals surface area (Å²) in [7, 11) is 0. The molecular weight excluding hydrogens is 242 g/mol. The summed E-state index contributed by atoms with van der Waals surface area (Å²) in [4.78, 5) is 11.9. The first-order valence-corrected chi connectivity index (χ1v) is 7.25. The fourth-order valence-electron chi connectivity index (χ4n) is 2.36. The van der Waals surface area contributed by atoms with Gasteiger partial charge in [-0.3, -0.25) is 4.79 Å². The van der Waals surface area contributed by atoms with Crippen LogP contribution < -0.4 is 0 Å². The summed E-state index contributed by atoms with van der Waals surface area (Å²) in [5.41, 5.74) is 0. The maximum atomic E-state index is 11.9. The highest BCUT2D eigenvalue weighted by molar-refractivity contribution is 5.78. The highest BCUT2D eigenvalue weighted by Crippen LogP contribution is 2.09. The van der Waals surface area contributed by atoms with E-state index < -0.39 is 0 Å². The third kappa shape index (κ3) is 5.06. The predicted molar refractivity (Wildman–Crippen MR) is 73.5 cm³/mol. The zero-order chi connectivity index (χ0) is 14.1. The van der Waals surface area contributed by atoms with Gasteiger partial charge >= 0.3 is 0 Å². The molecule has 0 bridgehead atoms. The van der Waals surface area contributed by atoms with Gasteiger partial charge in [0.05, 0.1) is 32.6 Å². The van der Waals surface area contributed by atoms with Crippen LogP contribution in [0.5, 0.6) is 0 Å². The van der Waals surface area contributed by atoms with Crippen molar-refractivity contribution in [1.29, 1.82) is 0 Å². The number of H-pyrrole nitrogens is 1. The van der Waals surface area contributed by atoms with Crippen molar-refractivity contribution in [2.75, 3.05) is 26.2 Å². The fourth-order valence-corrected chi connectivity index (χ4v) is 2.36. The first-order valence-electron chi connectivity index (χ1n) is 7.25. The molecule has 1 aromatic rings. The van der Waals surface area contributed by atoms with E-state index in [1.807, 2.05) is 0 Å². The van der Waals surface area contributed by atoms with Crippen molar-refractivity contribution in [2.24, 2.45) is 0 Å². The number of nitrogens with zero attached hydrogens (tertiary/aromatic N) is 4. The van der Waals surface area contributed by atoms with Gasteiger partial charge < -0.3 is 4.48 Å². The van der Waals surface area contributed by atoms with Gasteiger partial charge in [-0.2, -0.15) is 5.21 Å². The molecule has 0 saturated carbocycles. The van der Waals surface area contributed by atoms with Crippen LogP contribution in [0.2, 0.25) is 0 Å². The van der Waals surface area contributed by atoms with Crippen LogP contribution >= 0.6 is 0 Å². The smallest absolute Gasteiger partial charge is 0.174 e. The Hall–Kier alpha value is -1.30. The second-order valence-electron chi connectivity index (χ2n) is 4.98. The Morgan fingerprint density at radius 2 is 1.84 bits per heavy atom. The summed E-state index contributed by atoms with van der Waals surface area (Å²) in [6.07, 6.45) is 2.83. The third-order valence-electron chi connectivity index (χ3n) is 4.12. The number of quaternary nitrogens is 1. The molecule has 6 heteroatoms. The Balaban J connectivity index is 2.23. The zero-order valence-electron chi connectivity index (χ0n) is 12.4. The Labute approximate surface area is 115 Å². The summed E-state index contributed by atoms with van der Waals surface area (Å²) in [6.45, 7) is 10.9. The molecular formula is C13H26N5O+. The molecule has 0 atom stereocenters. The molecule has 19 heavy (non-hydrogen) atoms. The van der Waals surface area contributed by atoms with Gasteiger partial charge in [-0.05, 0) is 27.2 Å². The van der Waals surface area contributed by atoms with Crippen LogP contribution in [0.1, 0.15) is 45.9 Å². The Morgan fingerprint density at radius 3 is 2.37 bits per heavy atom. The van der Waals surface area contributed by atoms with E-state index in [2.05, 4.69) is 41.4 Å². The first-order chi connectivity index (χ1) is 9.15. The Bertz CT molecular complexity index is 351. The van der Waals surface area contributed by atoms with Gasteiger partial charge in [-0.15, -0.1) is 10.2 Å². The van der Waals surface area contributed by atoms with Gasteiger partial charge in [-0.25, -0.2) is 0 Å². The molecule has 0 aromatic carbocycles. The molecule has 108 valence electrons. The van der Waals surface area contributed by atoms with Crippen LogP contribution in [0.25, 0.3) is 0 Å². The Morgan fingerprint density at radius 1 is 1.16 bits per heavy atom. The summed E-state index contributed by atoms with van der Waals surface area (Å²) in [5.74, 6) is 1.04. The number of hydrogen-bond donors (Lipinski definition) is 1. The van der Waals surface area contributed by atoms with Crippen molar-refractivity contribution in [2.45, 2.75) is 46.5 Å². The lowest BCUT2D eigenvalue weighted by atomic mass is 10.1. The van der Waals surface area contributed by atoms with Crippen molar-refractivity contribution in [3.63, 3.8) is 0 Å². The minimum absolute atomic E-state index is 0.348. The van der Waals surface area contributed by atoms with E-state index in [-0.39, 0.29) is 0 Å². The lowest BCUT2D eigenvalue weighted by Gasteiger charge is -2.35. The average molecular weight is 268 g/mol. The van der Waals surface area contributed by atoms with Crippen LogP contribution in [-0.2, 0) is 11.2 Å². The summed E-state index contributed by atoms with van der Waals surface area (Å²) in [5, 5.41) is 13.7. The summed E-state index contributed by atoms with van der Waals surface area (Å²) >= 11 is 0. The van der Waals surface area contributed by atoms with Crippen LogP contribution in [0.15, 0.2) is 0 Å². The highest BCUT2D eigenvalue weighted by atomic mass is 16.1. The number of aromatic nitrogens is 4. The molecule has 0 aliphatic heterocycles. The van der Waals surface area contributed by atoms with Gasteiger partial charge in [0.2, 0.25) is 0 Å². The number of hydrogen-bond acceptors (Lipinski definition) is 4. The van der Waals surface area contributed by atoms with Gasteiger partial charge in [0.1, 0.15) is 5.78 Å². The fraction of sp³-hybridized carbons (Fsp3) is 0.846. The first kappa shape index (κ1) is 15.8. The molecule has 6 nitrogen and oxygen atoms in total. The predicted octanol–water partition coefficient (Wildman–Crippen LogP) is 1.36. The molecule has 0 amide bonds. The monoisotopic (exact) mass is 268 g/mol. The molecule has 0 unspecified atom stereocenters. The lowest BCUT2D eigenvalue weighted by molar-refractivity contribution is -0.922. The molecule has 1 rings (SSSR count). The normalized spacial score (nSPS) is 11.7. The molecule has 0 fully saturated rings. The van der Waals surface area contributed by atoms with E-state index in [1.54, 1.807) is 0 Å². The molecule has 0 radical (unpaired) electrons. The Kier molecular flexibility index (Phi) is 6.62. The maximum absolute atomic E-state index is 11.9. The van der Waals surface area contributed by atoms with Gasteiger partial charge in [0, 0.05) is 12.8 Å². The van der Waals surface area contributed by atoms with Gasteiger partial charge in [-0.1, -0.05) is 5.21 Å². The van der Waals surface area contributed by atoms with Crippen LogP contribution in [-0.4, -0.2) is 57.1 Å². The van der Waals surface area contributed by atoms with Crippen LogP contribution in [0, 0.1) is 0 Å². The largest absolute Gasteiger partial charge is 0.324 e. The molecule has 1 aromatic heterocycles. The van der Waals surface area contributed by atoms with Crippen molar-refractivity contribution in [3.8, 4) is 0 Å². The quantitative estimate of drug-likeness (QED) is 0.650. The van der Waals surface area contributed by atoms with E-state index in [9.17, 15) is 4.79 Å². The number of rotatable bonds is 10. The molecule has 0 spiro atoms. The number of carbonyl (C=O) groups is 1. The van der Waals surface area contributed by atoms with E-state index >= 15 is 0 Å². The lowest BCUT2D eigenvalue weighted by Crippen LogP contribution is -2.48. The van der Waals surface area contributed by atoms with Crippen LogP contribution in [0.4, 0.5) is 0 Å². The van der Waals surface area contributed by atoms with Crippen molar-refractivity contribution >= 4 is 5.78 Å². The number of Topliss-reactive ketones (excluding diaryl/α,β-unsaturated/α-hetero) is 1. The number of aromatic amines is 1. The number of aryl methyl sites for hydroxylation is 1. The second kappa shape index (κ2) is 7.99. The maximum Gasteiger partial charge on any atom is 0.174 e. The van der Waals surface area contributed by atoms with E-state index in [4.69, 9.17) is 0 Å². The molecule has 0 aliphatic rings. The molecule has 0 saturated heterocycles. The minimum Gasteiger partial charge on any atom is -0.324 e. The van der Waals surface area contributed by atoms with Gasteiger partial charge in [0.15, 0.2) is 5.82 Å². The van der Waals surface area contributed by atoms with Crippen molar-refractivity contribution in [3.05, 3.63) is 5.82 Å². The number of tetrazole rings is 1. The highest BCUT2D eigenvalue weighted by Gasteiger charge is 2.21. The molecule has 0 aliphatic carbocycles. The summed E-state index contributed by atoms with van der Waals surface area (Å²) < 4.78 is 1.04. The van der Waals surface area contributed by atoms with E-state index in [0.717, 1.165) is 43.5 Å². The van der Waals surface area contributed by atoms with E-state index in [1.165, 1.54) is 0 Å². The number of carbonyl (C=O) groups excluding carboxylic acids is 1. The standard InChI is InChI=1S/C13H26N5O/c1-4-18(5-2,6-3)11-10-12(19)8-7-9-13-14-16-17-15-13/h4-11H2,1-3H3,(H,14,15,16,17)/q+1. The number of ketones is 1. The minimum atomic E-state index is 0.348. The molecule has 1 N–H and O–H groups in total. The summed E-state index contributed by atoms with van der Waals surface area (Å²) in [6, 6.07) is 0. The average Bonchev–Trinajstić information content (AvgIpc) is 2.94. The van der Waals surface area contributed by atoms with Crippen LogP contribution in [0.3, 0.4) is 0 Å². The van der Waals surface area contributed by atoms with Crippen molar-refractivity contribution < 1.29 is 9.28 Å². The SMILES string of the molecule is CC[N+](CC)(CC)CCC(=O)CCCc1nn[nH]n1. The van der Waals surface area contributed by atoms with Gasteiger partial charge in [0.25, 0.3) is 0 Å². The topological polar surface area (TPSA) is 71.5 Å².